The Labute approximate surface area is 117 Å². The third kappa shape index (κ3) is 4.71. The molecule has 4 heteroatoms. The fraction of sp³-hybridized carbons (Fsp3) is 1.00. The molecule has 0 aromatic heterocycles. The number of piperidine rings is 1. The summed E-state index contributed by atoms with van der Waals surface area (Å²) < 4.78 is 0. The molecular formula is C15H31NO3. The minimum atomic E-state index is -1.01. The zero-order valence-electron chi connectivity index (χ0n) is 12.6. The molecule has 0 aromatic rings. The highest BCUT2D eigenvalue weighted by atomic mass is 16.4. The van der Waals surface area contributed by atoms with Crippen LogP contribution in [0, 0.1) is 0 Å². The number of rotatable bonds is 7. The minimum absolute atomic E-state index is 0.0935. The summed E-state index contributed by atoms with van der Waals surface area (Å²) in [6.45, 7) is 6.74. The van der Waals surface area contributed by atoms with Crippen molar-refractivity contribution >= 4 is 0 Å². The SMILES string of the molecule is CCCCCCCC(C)N1C[C@H](O)[C@@H](O)[C@@H](O)[C@H]1C. The van der Waals surface area contributed by atoms with Gasteiger partial charge in [-0.2, -0.15) is 0 Å². The molecule has 1 saturated heterocycles. The molecule has 114 valence electrons. The van der Waals surface area contributed by atoms with Gasteiger partial charge >= 0.3 is 0 Å². The smallest absolute Gasteiger partial charge is 0.108 e. The number of hydrogen-bond acceptors (Lipinski definition) is 4. The van der Waals surface area contributed by atoms with Crippen molar-refractivity contribution in [1.29, 1.82) is 0 Å². The largest absolute Gasteiger partial charge is 0.389 e. The first-order valence-electron chi connectivity index (χ1n) is 7.79. The van der Waals surface area contributed by atoms with Crippen molar-refractivity contribution in [2.24, 2.45) is 0 Å². The van der Waals surface area contributed by atoms with E-state index in [9.17, 15) is 15.3 Å². The predicted octanol–water partition coefficient (Wildman–Crippen LogP) is 1.52. The molecule has 3 N–H and O–H groups in total. The van der Waals surface area contributed by atoms with E-state index in [1.165, 1.54) is 32.1 Å². The first-order chi connectivity index (χ1) is 8.99. The maximum absolute atomic E-state index is 9.93. The lowest BCUT2D eigenvalue weighted by molar-refractivity contribution is -0.141. The molecule has 1 unspecified atom stereocenters. The molecule has 1 fully saturated rings. The van der Waals surface area contributed by atoms with Gasteiger partial charge in [-0.15, -0.1) is 0 Å². The van der Waals surface area contributed by atoms with E-state index in [1.54, 1.807) is 0 Å². The first kappa shape index (κ1) is 16.9. The number of nitrogens with zero attached hydrogens (tertiary/aromatic N) is 1. The van der Waals surface area contributed by atoms with Crippen LogP contribution in [0.5, 0.6) is 0 Å². The van der Waals surface area contributed by atoms with Crippen molar-refractivity contribution in [3.8, 4) is 0 Å². The van der Waals surface area contributed by atoms with E-state index in [-0.39, 0.29) is 6.04 Å². The van der Waals surface area contributed by atoms with Gasteiger partial charge in [0.2, 0.25) is 0 Å². The standard InChI is InChI=1S/C15H31NO3/c1-4-5-6-7-8-9-11(2)16-10-13(17)15(19)14(18)12(16)3/h11-15,17-19H,4-10H2,1-3H3/t11?,12-,13+,14+,15-/m1/s1. The molecule has 0 saturated carbocycles. The molecule has 0 amide bonds. The van der Waals surface area contributed by atoms with Crippen molar-refractivity contribution < 1.29 is 15.3 Å². The third-order valence-corrected chi connectivity index (χ3v) is 4.45. The van der Waals surface area contributed by atoms with E-state index >= 15 is 0 Å². The number of aliphatic hydroxyl groups is 3. The number of likely N-dealkylation sites (tertiary alicyclic amines) is 1. The monoisotopic (exact) mass is 273 g/mol. The minimum Gasteiger partial charge on any atom is -0.389 e. The van der Waals surface area contributed by atoms with E-state index < -0.39 is 18.3 Å². The Morgan fingerprint density at radius 3 is 2.32 bits per heavy atom. The number of β-amino-alcohol motifs (C(OH)–C–C–N with tert-alkyl or cyclic N) is 1. The van der Waals surface area contributed by atoms with Gasteiger partial charge in [0, 0.05) is 18.6 Å². The molecule has 1 aliphatic heterocycles. The van der Waals surface area contributed by atoms with E-state index in [2.05, 4.69) is 18.7 Å². The Hall–Kier alpha value is -0.160. The van der Waals surface area contributed by atoms with Crippen LogP contribution in [0.25, 0.3) is 0 Å². The topological polar surface area (TPSA) is 63.9 Å². The molecule has 19 heavy (non-hydrogen) atoms. The van der Waals surface area contributed by atoms with E-state index in [1.807, 2.05) is 6.92 Å². The molecule has 1 heterocycles. The fourth-order valence-electron chi connectivity index (χ4n) is 2.99. The zero-order valence-corrected chi connectivity index (χ0v) is 12.6. The Morgan fingerprint density at radius 1 is 1.05 bits per heavy atom. The van der Waals surface area contributed by atoms with Crippen LogP contribution in [0.3, 0.4) is 0 Å². The predicted molar refractivity (Wildman–Crippen MR) is 77.0 cm³/mol. The molecule has 0 radical (unpaired) electrons. The van der Waals surface area contributed by atoms with Crippen molar-refractivity contribution in [2.45, 2.75) is 89.7 Å². The normalized spacial score (nSPS) is 34.4. The van der Waals surface area contributed by atoms with Gasteiger partial charge in [-0.3, -0.25) is 4.90 Å². The molecule has 1 rings (SSSR count). The summed E-state index contributed by atoms with van der Waals surface area (Å²) in [5.41, 5.74) is 0. The van der Waals surface area contributed by atoms with Gasteiger partial charge in [0.15, 0.2) is 0 Å². The van der Waals surface area contributed by atoms with Crippen LogP contribution in [-0.4, -0.2) is 57.2 Å². The highest BCUT2D eigenvalue weighted by Gasteiger charge is 2.40. The fourth-order valence-corrected chi connectivity index (χ4v) is 2.99. The van der Waals surface area contributed by atoms with Crippen LogP contribution in [-0.2, 0) is 0 Å². The molecule has 0 bridgehead atoms. The van der Waals surface area contributed by atoms with Crippen molar-refractivity contribution in [3.05, 3.63) is 0 Å². The lowest BCUT2D eigenvalue weighted by Crippen LogP contribution is -2.62. The highest BCUT2D eigenvalue weighted by molar-refractivity contribution is 4.93. The quantitative estimate of drug-likeness (QED) is 0.615. The van der Waals surface area contributed by atoms with Gasteiger partial charge in [-0.25, -0.2) is 0 Å². The van der Waals surface area contributed by atoms with Crippen LogP contribution in [0.15, 0.2) is 0 Å². The second-order valence-electron chi connectivity index (χ2n) is 6.04. The number of aliphatic hydroxyl groups excluding tert-OH is 3. The molecule has 1 aliphatic rings. The summed E-state index contributed by atoms with van der Waals surface area (Å²) in [4.78, 5) is 2.13. The van der Waals surface area contributed by atoms with Crippen molar-refractivity contribution in [2.75, 3.05) is 6.54 Å². The second-order valence-corrected chi connectivity index (χ2v) is 6.04. The average molecular weight is 273 g/mol. The third-order valence-electron chi connectivity index (χ3n) is 4.45. The molecule has 4 nitrogen and oxygen atoms in total. The number of hydrogen-bond donors (Lipinski definition) is 3. The van der Waals surface area contributed by atoms with Crippen LogP contribution < -0.4 is 0 Å². The molecule has 0 spiro atoms. The van der Waals surface area contributed by atoms with Crippen molar-refractivity contribution in [3.63, 3.8) is 0 Å². The Morgan fingerprint density at radius 2 is 1.68 bits per heavy atom. The van der Waals surface area contributed by atoms with Gasteiger partial charge in [0.1, 0.15) is 6.10 Å². The highest BCUT2D eigenvalue weighted by Crippen LogP contribution is 2.23. The van der Waals surface area contributed by atoms with Crippen LogP contribution in [0.1, 0.15) is 59.3 Å². The van der Waals surface area contributed by atoms with Gasteiger partial charge in [-0.1, -0.05) is 39.0 Å². The average Bonchev–Trinajstić information content (AvgIpc) is 2.40. The molecule has 0 aliphatic carbocycles. The summed E-state index contributed by atoms with van der Waals surface area (Å²) >= 11 is 0. The Bertz CT molecular complexity index is 250. The summed E-state index contributed by atoms with van der Waals surface area (Å²) in [6.07, 6.45) is 4.69. The summed E-state index contributed by atoms with van der Waals surface area (Å²) in [5, 5.41) is 29.4. The Kier molecular flexibility index (Phi) is 7.29. The zero-order chi connectivity index (χ0) is 14.4. The first-order valence-corrected chi connectivity index (χ1v) is 7.79. The van der Waals surface area contributed by atoms with Gasteiger partial charge in [-0.05, 0) is 20.3 Å². The molecule has 5 atom stereocenters. The van der Waals surface area contributed by atoms with Crippen LogP contribution in [0.4, 0.5) is 0 Å². The van der Waals surface area contributed by atoms with E-state index in [0.717, 1.165) is 6.42 Å². The van der Waals surface area contributed by atoms with Gasteiger partial charge in [0.25, 0.3) is 0 Å². The summed E-state index contributed by atoms with van der Waals surface area (Å²) in [5.74, 6) is 0. The summed E-state index contributed by atoms with van der Waals surface area (Å²) in [6, 6.07) is 0.248. The maximum atomic E-state index is 9.93. The molecule has 0 aromatic carbocycles. The molecular weight excluding hydrogens is 242 g/mol. The van der Waals surface area contributed by atoms with Crippen LogP contribution in [0.2, 0.25) is 0 Å². The van der Waals surface area contributed by atoms with Gasteiger partial charge in [0.05, 0.1) is 12.2 Å². The summed E-state index contributed by atoms with van der Waals surface area (Å²) in [7, 11) is 0. The number of unbranched alkanes of at least 4 members (excludes halogenated alkanes) is 4. The maximum Gasteiger partial charge on any atom is 0.108 e. The Balaban J connectivity index is 2.36. The second kappa shape index (κ2) is 8.20. The van der Waals surface area contributed by atoms with E-state index in [4.69, 9.17) is 0 Å². The van der Waals surface area contributed by atoms with Crippen LogP contribution >= 0.6 is 0 Å². The van der Waals surface area contributed by atoms with Gasteiger partial charge < -0.3 is 15.3 Å². The lowest BCUT2D eigenvalue weighted by atomic mass is 9.92. The van der Waals surface area contributed by atoms with Crippen molar-refractivity contribution in [1.82, 2.24) is 4.90 Å². The van der Waals surface area contributed by atoms with E-state index in [0.29, 0.717) is 12.6 Å². The lowest BCUT2D eigenvalue weighted by Gasteiger charge is -2.45.